The lowest BCUT2D eigenvalue weighted by atomic mass is 10.1. The summed E-state index contributed by atoms with van der Waals surface area (Å²) in [5.41, 5.74) is 0. The van der Waals surface area contributed by atoms with E-state index in [1.54, 1.807) is 24.3 Å². The molecule has 0 spiro atoms. The maximum absolute atomic E-state index is 11.3. The Hall–Kier alpha value is -2.16. The van der Waals surface area contributed by atoms with Gasteiger partial charge in [-0.05, 0) is 24.3 Å². The number of hydrogen-bond donors (Lipinski definition) is 0. The van der Waals surface area contributed by atoms with Crippen LogP contribution in [0.15, 0.2) is 54.3 Å². The lowest BCUT2D eigenvalue weighted by Crippen LogP contribution is -2.12. The quantitative estimate of drug-likeness (QED) is 0.682. The van der Waals surface area contributed by atoms with Crippen molar-refractivity contribution in [2.45, 2.75) is 0 Å². The first-order chi connectivity index (χ1) is 7.25. The molecule has 1 aliphatic carbocycles. The Kier molecular flexibility index (Phi) is 2.46. The molecule has 0 unspecified atom stereocenters. The van der Waals surface area contributed by atoms with E-state index in [9.17, 15) is 9.59 Å². The van der Waals surface area contributed by atoms with Gasteiger partial charge in [0.2, 0.25) is 5.78 Å². The molecule has 0 aromatic heterocycles. The summed E-state index contributed by atoms with van der Waals surface area (Å²) in [6, 6.07) is 8.87. The van der Waals surface area contributed by atoms with Gasteiger partial charge in [0.15, 0.2) is 11.5 Å². The summed E-state index contributed by atoms with van der Waals surface area (Å²) in [5.74, 6) is 0.0767. The molecule has 0 N–H and O–H groups in total. The van der Waals surface area contributed by atoms with E-state index >= 15 is 0 Å². The molecular weight excluding hydrogens is 192 g/mol. The first-order valence-corrected chi connectivity index (χ1v) is 4.47. The van der Waals surface area contributed by atoms with Gasteiger partial charge < -0.3 is 4.74 Å². The third kappa shape index (κ3) is 2.20. The number of hydrogen-bond acceptors (Lipinski definition) is 3. The van der Waals surface area contributed by atoms with Crippen LogP contribution < -0.4 is 4.74 Å². The predicted octanol–water partition coefficient (Wildman–Crippen LogP) is 1.66. The highest BCUT2D eigenvalue weighted by Gasteiger charge is 2.14. The topological polar surface area (TPSA) is 43.4 Å². The molecule has 0 radical (unpaired) electrons. The van der Waals surface area contributed by atoms with Crippen molar-refractivity contribution < 1.29 is 14.3 Å². The maximum atomic E-state index is 11.3. The SMILES string of the molecule is O=C1C=CC(=O)C(Oc2ccccc2)=C1. The van der Waals surface area contributed by atoms with Crippen LogP contribution in [0.25, 0.3) is 0 Å². The molecular formula is C12H8O3. The molecule has 1 aromatic rings. The second kappa shape index (κ2) is 3.92. The second-order valence-electron chi connectivity index (χ2n) is 3.02. The summed E-state index contributed by atoms with van der Waals surface area (Å²) >= 11 is 0. The highest BCUT2D eigenvalue weighted by Crippen LogP contribution is 2.15. The fourth-order valence-corrected chi connectivity index (χ4v) is 1.18. The van der Waals surface area contributed by atoms with Crippen molar-refractivity contribution in [3.63, 3.8) is 0 Å². The summed E-state index contributed by atoms with van der Waals surface area (Å²) in [5, 5.41) is 0. The molecule has 3 heteroatoms. The fraction of sp³-hybridized carbons (Fsp3) is 0. The normalized spacial score (nSPS) is 15.1. The molecule has 0 amide bonds. The number of ketones is 2. The van der Waals surface area contributed by atoms with Gasteiger partial charge in [0.1, 0.15) is 5.75 Å². The summed E-state index contributed by atoms with van der Waals surface area (Å²) in [6.07, 6.45) is 3.62. The van der Waals surface area contributed by atoms with E-state index in [0.29, 0.717) is 5.75 Å². The minimum Gasteiger partial charge on any atom is -0.453 e. The first kappa shape index (κ1) is 9.40. The number of ether oxygens (including phenoxy) is 1. The van der Waals surface area contributed by atoms with Gasteiger partial charge in [-0.2, -0.15) is 0 Å². The van der Waals surface area contributed by atoms with Crippen LogP contribution in [-0.2, 0) is 9.59 Å². The molecule has 1 aliphatic rings. The van der Waals surface area contributed by atoms with Crippen molar-refractivity contribution in [1.82, 2.24) is 0 Å². The van der Waals surface area contributed by atoms with Crippen molar-refractivity contribution in [2.24, 2.45) is 0 Å². The molecule has 15 heavy (non-hydrogen) atoms. The Balaban J connectivity index is 2.19. The lowest BCUT2D eigenvalue weighted by molar-refractivity contribution is -0.116. The summed E-state index contributed by atoms with van der Waals surface area (Å²) < 4.78 is 5.28. The van der Waals surface area contributed by atoms with E-state index in [0.717, 1.165) is 0 Å². The molecule has 2 rings (SSSR count). The van der Waals surface area contributed by atoms with Gasteiger partial charge in [-0.1, -0.05) is 18.2 Å². The first-order valence-electron chi connectivity index (χ1n) is 4.47. The Labute approximate surface area is 86.7 Å². The number of rotatable bonds is 2. The molecule has 74 valence electrons. The van der Waals surface area contributed by atoms with Gasteiger partial charge in [0.05, 0.1) is 0 Å². The molecule has 1 aromatic carbocycles. The summed E-state index contributed by atoms with van der Waals surface area (Å²) in [7, 11) is 0. The largest absolute Gasteiger partial charge is 0.453 e. The van der Waals surface area contributed by atoms with Gasteiger partial charge >= 0.3 is 0 Å². The lowest BCUT2D eigenvalue weighted by Gasteiger charge is -2.08. The standard InChI is InChI=1S/C12H8O3/c13-9-6-7-11(14)12(8-9)15-10-4-2-1-3-5-10/h1-8H. The zero-order valence-electron chi connectivity index (χ0n) is 7.84. The summed E-state index contributed by atoms with van der Waals surface area (Å²) in [6.45, 7) is 0. The second-order valence-corrected chi connectivity index (χ2v) is 3.02. The third-order valence-electron chi connectivity index (χ3n) is 1.89. The van der Waals surface area contributed by atoms with E-state index in [1.165, 1.54) is 18.2 Å². The number of benzene rings is 1. The highest BCUT2D eigenvalue weighted by molar-refractivity contribution is 6.16. The van der Waals surface area contributed by atoms with Crippen LogP contribution in [-0.4, -0.2) is 11.6 Å². The van der Waals surface area contributed by atoms with Gasteiger partial charge in [0, 0.05) is 6.08 Å². The van der Waals surface area contributed by atoms with Crippen LogP contribution in [0.4, 0.5) is 0 Å². The van der Waals surface area contributed by atoms with E-state index < -0.39 is 0 Å². The van der Waals surface area contributed by atoms with Crippen LogP contribution in [0.3, 0.4) is 0 Å². The Morgan fingerprint density at radius 3 is 2.40 bits per heavy atom. The van der Waals surface area contributed by atoms with Gasteiger partial charge in [-0.15, -0.1) is 0 Å². The number of allylic oxidation sites excluding steroid dienone is 3. The average molecular weight is 200 g/mol. The zero-order chi connectivity index (χ0) is 10.7. The number of carbonyl (C=O) groups is 2. The van der Waals surface area contributed by atoms with Crippen LogP contribution in [0.1, 0.15) is 0 Å². The third-order valence-corrected chi connectivity index (χ3v) is 1.89. The molecule has 0 saturated carbocycles. The molecule has 0 aliphatic heterocycles. The highest BCUT2D eigenvalue weighted by atomic mass is 16.5. The monoisotopic (exact) mass is 200 g/mol. The number of para-hydroxylation sites is 1. The van der Waals surface area contributed by atoms with Crippen molar-refractivity contribution in [3.05, 3.63) is 54.3 Å². The van der Waals surface area contributed by atoms with E-state index in [-0.39, 0.29) is 17.3 Å². The zero-order valence-corrected chi connectivity index (χ0v) is 7.84. The molecule has 3 nitrogen and oxygen atoms in total. The number of carbonyl (C=O) groups excluding carboxylic acids is 2. The minimum absolute atomic E-state index is 0.0636. The van der Waals surface area contributed by atoms with Gasteiger partial charge in [-0.3, -0.25) is 9.59 Å². The fourth-order valence-electron chi connectivity index (χ4n) is 1.18. The Morgan fingerprint density at radius 2 is 1.67 bits per heavy atom. The maximum Gasteiger partial charge on any atom is 0.221 e. The minimum atomic E-state index is -0.293. The molecule has 0 atom stereocenters. The van der Waals surface area contributed by atoms with Crippen molar-refractivity contribution in [3.8, 4) is 5.75 Å². The molecule has 0 heterocycles. The summed E-state index contributed by atoms with van der Waals surface area (Å²) in [4.78, 5) is 22.3. The Bertz CT molecular complexity index is 455. The predicted molar refractivity (Wildman–Crippen MR) is 54.3 cm³/mol. The Morgan fingerprint density at radius 1 is 0.933 bits per heavy atom. The van der Waals surface area contributed by atoms with Crippen molar-refractivity contribution in [2.75, 3.05) is 0 Å². The molecule has 0 fully saturated rings. The van der Waals surface area contributed by atoms with Gasteiger partial charge in [0.25, 0.3) is 0 Å². The van der Waals surface area contributed by atoms with Crippen LogP contribution in [0.2, 0.25) is 0 Å². The molecule has 0 saturated heterocycles. The van der Waals surface area contributed by atoms with Crippen LogP contribution in [0, 0.1) is 0 Å². The van der Waals surface area contributed by atoms with Crippen molar-refractivity contribution >= 4 is 11.6 Å². The molecule has 0 bridgehead atoms. The smallest absolute Gasteiger partial charge is 0.221 e. The van der Waals surface area contributed by atoms with Crippen molar-refractivity contribution in [1.29, 1.82) is 0 Å². The van der Waals surface area contributed by atoms with E-state index in [4.69, 9.17) is 4.74 Å². The van der Waals surface area contributed by atoms with E-state index in [1.807, 2.05) is 6.07 Å². The van der Waals surface area contributed by atoms with Crippen LogP contribution in [0.5, 0.6) is 5.75 Å². The van der Waals surface area contributed by atoms with Gasteiger partial charge in [-0.25, -0.2) is 0 Å². The average Bonchev–Trinajstić information content (AvgIpc) is 2.25. The van der Waals surface area contributed by atoms with E-state index in [2.05, 4.69) is 0 Å². The van der Waals surface area contributed by atoms with Crippen LogP contribution >= 0.6 is 0 Å².